The summed E-state index contributed by atoms with van der Waals surface area (Å²) in [7, 11) is 0. The molecule has 0 fully saturated rings. The highest BCUT2D eigenvalue weighted by molar-refractivity contribution is 5.99. The first-order chi connectivity index (χ1) is 25.9. The fourth-order valence-electron chi connectivity index (χ4n) is 6.19. The van der Waals surface area contributed by atoms with E-state index in [1.807, 2.05) is 32.9 Å². The van der Waals surface area contributed by atoms with Crippen molar-refractivity contribution < 1.29 is 23.9 Å². The number of imidazole rings is 2. The minimum atomic E-state index is -0.635. The minimum Gasteiger partial charge on any atom is -0.491 e. The number of benzene rings is 2. The maximum Gasteiger partial charge on any atom is 0.298 e. The highest BCUT2D eigenvalue weighted by atomic mass is 16.5. The van der Waals surface area contributed by atoms with Crippen LogP contribution in [0.15, 0.2) is 64.6 Å². The zero-order valence-electron chi connectivity index (χ0n) is 30.7. The van der Waals surface area contributed by atoms with Gasteiger partial charge in [-0.2, -0.15) is 20.2 Å². The highest BCUT2D eigenvalue weighted by Gasteiger charge is 2.19. The van der Waals surface area contributed by atoms with Crippen molar-refractivity contribution in [2.45, 2.75) is 67.2 Å². The Bertz CT molecular complexity index is 2610. The zero-order chi connectivity index (χ0) is 38.7. The van der Waals surface area contributed by atoms with Crippen LogP contribution in [-0.2, 0) is 26.2 Å². The third-order valence-corrected chi connectivity index (χ3v) is 8.67. The summed E-state index contributed by atoms with van der Waals surface area (Å²) in [5.41, 5.74) is 16.5. The SMILES string of the molecule is CCCOc1cc(C(N)=O)cc2[nH]/c(=N/C(=O)c3cc(C)nn3CC)n(C/C=C/Cn3/c(=N\C(=O)c4cc(C)nn4CC)[nH]c4cc(C(N)=O)ccc43)c12. The molecule has 6 rings (SSSR count). The van der Waals surface area contributed by atoms with Gasteiger partial charge in [0.05, 0.1) is 34.5 Å². The van der Waals surface area contributed by atoms with Crippen molar-refractivity contribution in [3.63, 3.8) is 0 Å². The quantitative estimate of drug-likeness (QED) is 0.129. The summed E-state index contributed by atoms with van der Waals surface area (Å²) in [6, 6.07) is 11.5. The largest absolute Gasteiger partial charge is 0.491 e. The van der Waals surface area contributed by atoms with Gasteiger partial charge in [0.25, 0.3) is 11.8 Å². The lowest BCUT2D eigenvalue weighted by molar-refractivity contribution is 0.0978. The molecule has 17 heteroatoms. The van der Waals surface area contributed by atoms with Gasteiger partial charge >= 0.3 is 0 Å². The Morgan fingerprint density at radius 3 is 1.83 bits per heavy atom. The first kappa shape index (κ1) is 37.0. The molecular weight excluding hydrogens is 692 g/mol. The molecule has 0 atom stereocenters. The molecular formula is C37H42N12O5. The fourth-order valence-corrected chi connectivity index (χ4v) is 6.19. The van der Waals surface area contributed by atoms with Gasteiger partial charge in [-0.15, -0.1) is 0 Å². The molecule has 2 aromatic carbocycles. The van der Waals surface area contributed by atoms with Gasteiger partial charge < -0.3 is 35.3 Å². The Balaban J connectivity index is 1.44. The molecule has 54 heavy (non-hydrogen) atoms. The van der Waals surface area contributed by atoms with Crippen LogP contribution in [0, 0.1) is 13.8 Å². The smallest absolute Gasteiger partial charge is 0.298 e. The summed E-state index contributed by atoms with van der Waals surface area (Å²) in [4.78, 5) is 66.4. The zero-order valence-corrected chi connectivity index (χ0v) is 30.7. The molecule has 4 heterocycles. The van der Waals surface area contributed by atoms with Gasteiger partial charge in [-0.3, -0.25) is 28.5 Å². The number of aryl methyl sites for hydroxylation is 4. The molecule has 0 aliphatic carbocycles. The maximum absolute atomic E-state index is 13.6. The topological polar surface area (TPSA) is 231 Å². The van der Waals surface area contributed by atoms with Crippen molar-refractivity contribution in [1.29, 1.82) is 0 Å². The highest BCUT2D eigenvalue weighted by Crippen LogP contribution is 2.27. The van der Waals surface area contributed by atoms with Crippen LogP contribution < -0.4 is 27.4 Å². The second kappa shape index (κ2) is 15.4. The van der Waals surface area contributed by atoms with Gasteiger partial charge in [-0.05, 0) is 76.6 Å². The number of H-pyrrole nitrogens is 2. The fraction of sp³-hybridized carbons (Fsp3) is 0.297. The molecule has 0 saturated heterocycles. The molecule has 0 unspecified atom stereocenters. The first-order valence-corrected chi connectivity index (χ1v) is 17.6. The summed E-state index contributed by atoms with van der Waals surface area (Å²) < 4.78 is 12.8. The molecule has 280 valence electrons. The third-order valence-electron chi connectivity index (χ3n) is 8.67. The average molecular weight is 735 g/mol. The van der Waals surface area contributed by atoms with Crippen LogP contribution in [0.1, 0.15) is 80.3 Å². The number of fused-ring (bicyclic) bond motifs is 2. The number of hydrogen-bond acceptors (Lipinski definition) is 7. The third kappa shape index (κ3) is 7.41. The van der Waals surface area contributed by atoms with Crippen LogP contribution in [0.5, 0.6) is 5.75 Å². The van der Waals surface area contributed by atoms with Crippen molar-refractivity contribution in [3.8, 4) is 5.75 Å². The van der Waals surface area contributed by atoms with Gasteiger partial charge in [0, 0.05) is 37.3 Å². The van der Waals surface area contributed by atoms with E-state index >= 15 is 0 Å². The Kier molecular flexibility index (Phi) is 10.6. The van der Waals surface area contributed by atoms with Crippen molar-refractivity contribution >= 4 is 45.7 Å². The van der Waals surface area contributed by atoms with E-state index in [0.29, 0.717) is 82.3 Å². The molecule has 0 saturated carbocycles. The van der Waals surface area contributed by atoms with E-state index in [4.69, 9.17) is 16.2 Å². The lowest BCUT2D eigenvalue weighted by Crippen LogP contribution is -2.22. The Morgan fingerprint density at radius 1 is 0.741 bits per heavy atom. The number of carbonyl (C=O) groups excluding carboxylic acids is 4. The predicted molar refractivity (Wildman–Crippen MR) is 200 cm³/mol. The first-order valence-electron chi connectivity index (χ1n) is 17.6. The second-order valence-corrected chi connectivity index (χ2v) is 12.6. The van der Waals surface area contributed by atoms with E-state index in [0.717, 1.165) is 0 Å². The number of allylic oxidation sites excluding steroid dienone is 2. The van der Waals surface area contributed by atoms with E-state index in [1.165, 1.54) is 0 Å². The van der Waals surface area contributed by atoms with E-state index in [1.54, 1.807) is 74.8 Å². The van der Waals surface area contributed by atoms with Crippen molar-refractivity contribution in [1.82, 2.24) is 38.7 Å². The van der Waals surface area contributed by atoms with Gasteiger partial charge in [-0.1, -0.05) is 19.1 Å². The predicted octanol–water partition coefficient (Wildman–Crippen LogP) is 3.03. The van der Waals surface area contributed by atoms with E-state index in [2.05, 4.69) is 30.2 Å². The number of nitrogens with one attached hydrogen (secondary N) is 2. The number of rotatable bonds is 13. The monoisotopic (exact) mass is 734 g/mol. The summed E-state index contributed by atoms with van der Waals surface area (Å²) >= 11 is 0. The van der Waals surface area contributed by atoms with Crippen molar-refractivity contribution in [2.75, 3.05) is 6.61 Å². The number of hydrogen-bond donors (Lipinski definition) is 4. The summed E-state index contributed by atoms with van der Waals surface area (Å²) in [6.07, 6.45) is 4.45. The lowest BCUT2D eigenvalue weighted by atomic mass is 10.1. The molecule has 0 aliphatic rings. The van der Waals surface area contributed by atoms with Crippen LogP contribution in [0.4, 0.5) is 0 Å². The van der Waals surface area contributed by atoms with Crippen LogP contribution in [0.25, 0.3) is 22.1 Å². The Hall–Kier alpha value is -6.78. The number of ether oxygens (including phenoxy) is 1. The van der Waals surface area contributed by atoms with Crippen LogP contribution in [-0.4, -0.2) is 68.9 Å². The number of aromatic nitrogens is 8. The summed E-state index contributed by atoms with van der Waals surface area (Å²) in [5, 5.41) is 8.75. The van der Waals surface area contributed by atoms with Crippen LogP contribution in [0.3, 0.4) is 0 Å². The molecule has 17 nitrogen and oxygen atoms in total. The van der Waals surface area contributed by atoms with Crippen molar-refractivity contribution in [2.24, 2.45) is 21.5 Å². The number of primary amides is 2. The number of nitrogens with zero attached hydrogens (tertiary/aromatic N) is 8. The molecule has 4 aromatic heterocycles. The number of aromatic amines is 2. The Labute approximate surface area is 308 Å². The number of amides is 4. The van der Waals surface area contributed by atoms with Crippen LogP contribution >= 0.6 is 0 Å². The molecule has 0 bridgehead atoms. The van der Waals surface area contributed by atoms with Crippen LogP contribution in [0.2, 0.25) is 0 Å². The molecule has 6 N–H and O–H groups in total. The number of carbonyl (C=O) groups is 4. The number of nitrogens with two attached hydrogens (primary N) is 2. The average Bonchev–Trinajstić information content (AvgIpc) is 3.90. The molecule has 4 amide bonds. The second-order valence-electron chi connectivity index (χ2n) is 12.6. The molecule has 0 spiro atoms. The summed E-state index contributed by atoms with van der Waals surface area (Å²) in [6.45, 7) is 11.2. The van der Waals surface area contributed by atoms with E-state index in [9.17, 15) is 19.2 Å². The molecule has 6 aromatic rings. The van der Waals surface area contributed by atoms with E-state index < -0.39 is 23.6 Å². The maximum atomic E-state index is 13.6. The van der Waals surface area contributed by atoms with Gasteiger partial charge in [0.15, 0.2) is 0 Å². The van der Waals surface area contributed by atoms with Crippen molar-refractivity contribution in [3.05, 3.63) is 99.8 Å². The molecule has 0 radical (unpaired) electrons. The summed E-state index contributed by atoms with van der Waals surface area (Å²) in [5.74, 6) is -1.83. The van der Waals surface area contributed by atoms with Gasteiger partial charge in [-0.25, -0.2) is 0 Å². The van der Waals surface area contributed by atoms with Gasteiger partial charge in [0.2, 0.25) is 23.1 Å². The lowest BCUT2D eigenvalue weighted by Gasteiger charge is -2.10. The van der Waals surface area contributed by atoms with Gasteiger partial charge in [0.1, 0.15) is 22.7 Å². The Morgan fingerprint density at radius 2 is 1.28 bits per heavy atom. The minimum absolute atomic E-state index is 0.214. The van der Waals surface area contributed by atoms with E-state index in [-0.39, 0.29) is 29.9 Å². The standard InChI is InChI=1S/C37H42N12O5/c1-6-15-54-30-20-24(33(39)51)19-26-31(30)47(37(41-26)43-35(53)29-17-22(5)45-49(29)8-3)14-10-9-13-46-27-12-11-23(32(38)50)18-25(27)40-36(46)42-34(52)28-16-21(4)44-48(28)7-2/h9-12,16-20H,6-8,13-15H2,1-5H3,(H2,38,50)(H2,39,51)(H,40,42,52)(H,41,43,53)/b10-9+. The normalized spacial score (nSPS) is 12.5. The molecule has 0 aliphatic heterocycles.